The molecule has 0 aliphatic carbocycles. The Balaban J connectivity index is 1.52. The van der Waals surface area contributed by atoms with Crippen molar-refractivity contribution in [3.05, 3.63) is 23.9 Å². The van der Waals surface area contributed by atoms with Gasteiger partial charge in [0.2, 0.25) is 5.91 Å². The highest BCUT2D eigenvalue weighted by molar-refractivity contribution is 9.09. The fourth-order valence-electron chi connectivity index (χ4n) is 3.67. The SMILES string of the molecule is CC1CN(c2ccc(CNC(=O)C3NNC(C(C)C)C3Br)cn2)CC(C)O1. The van der Waals surface area contributed by atoms with E-state index in [0.717, 1.165) is 24.5 Å². The van der Waals surface area contributed by atoms with Gasteiger partial charge in [0.1, 0.15) is 11.9 Å². The Bertz CT molecular complexity index is 631. The van der Waals surface area contributed by atoms with Gasteiger partial charge in [-0.3, -0.25) is 10.2 Å². The van der Waals surface area contributed by atoms with E-state index in [0.29, 0.717) is 12.5 Å². The monoisotopic (exact) mass is 439 g/mol. The largest absolute Gasteiger partial charge is 0.372 e. The van der Waals surface area contributed by atoms with Crippen molar-refractivity contribution < 1.29 is 9.53 Å². The Kier molecular flexibility index (Phi) is 6.73. The maximum Gasteiger partial charge on any atom is 0.239 e. The first-order chi connectivity index (χ1) is 12.8. The molecule has 3 rings (SSSR count). The molecular weight excluding hydrogens is 410 g/mol. The molecule has 0 spiro atoms. The topological polar surface area (TPSA) is 78.5 Å². The van der Waals surface area contributed by atoms with Crippen molar-refractivity contribution in [2.75, 3.05) is 18.0 Å². The second kappa shape index (κ2) is 8.86. The Morgan fingerprint density at radius 2 is 2.04 bits per heavy atom. The van der Waals surface area contributed by atoms with Crippen molar-refractivity contribution in [1.82, 2.24) is 21.2 Å². The van der Waals surface area contributed by atoms with Crippen molar-refractivity contribution in [2.24, 2.45) is 5.92 Å². The van der Waals surface area contributed by atoms with Gasteiger partial charge in [-0.25, -0.2) is 10.4 Å². The molecule has 5 atom stereocenters. The summed E-state index contributed by atoms with van der Waals surface area (Å²) < 4.78 is 5.77. The molecule has 3 N–H and O–H groups in total. The summed E-state index contributed by atoms with van der Waals surface area (Å²) in [5, 5.41) is 3.00. The highest BCUT2D eigenvalue weighted by Crippen LogP contribution is 2.22. The van der Waals surface area contributed by atoms with Crippen molar-refractivity contribution >= 4 is 27.7 Å². The molecule has 0 aromatic carbocycles. The van der Waals surface area contributed by atoms with Crippen LogP contribution in [0.3, 0.4) is 0 Å². The van der Waals surface area contributed by atoms with Gasteiger partial charge in [-0.1, -0.05) is 35.8 Å². The Morgan fingerprint density at radius 1 is 1.33 bits per heavy atom. The molecule has 8 heteroatoms. The van der Waals surface area contributed by atoms with E-state index < -0.39 is 0 Å². The molecule has 7 nitrogen and oxygen atoms in total. The number of hydrogen-bond donors (Lipinski definition) is 3. The smallest absolute Gasteiger partial charge is 0.239 e. The van der Waals surface area contributed by atoms with E-state index in [-0.39, 0.29) is 35.0 Å². The first kappa shape index (κ1) is 20.5. The summed E-state index contributed by atoms with van der Waals surface area (Å²) in [6.45, 7) is 10.6. The number of carbonyl (C=O) groups excluding carboxylic acids is 1. The van der Waals surface area contributed by atoms with Gasteiger partial charge in [-0.05, 0) is 31.4 Å². The minimum atomic E-state index is -0.291. The van der Waals surface area contributed by atoms with Gasteiger partial charge in [-0.2, -0.15) is 0 Å². The zero-order chi connectivity index (χ0) is 19.6. The van der Waals surface area contributed by atoms with E-state index in [1.807, 2.05) is 18.3 Å². The van der Waals surface area contributed by atoms with Crippen LogP contribution in [0.25, 0.3) is 0 Å². The number of amides is 1. The van der Waals surface area contributed by atoms with E-state index in [1.54, 1.807) is 0 Å². The van der Waals surface area contributed by atoms with E-state index >= 15 is 0 Å². The zero-order valence-electron chi connectivity index (χ0n) is 16.4. The Labute approximate surface area is 169 Å². The number of hydrazine groups is 1. The van der Waals surface area contributed by atoms with E-state index in [2.05, 4.69) is 69.7 Å². The number of pyridine rings is 1. The maximum atomic E-state index is 12.5. The third-order valence-electron chi connectivity index (χ3n) is 5.09. The number of anilines is 1. The molecule has 2 aliphatic rings. The lowest BCUT2D eigenvalue weighted by Gasteiger charge is -2.36. The van der Waals surface area contributed by atoms with Gasteiger partial charge < -0.3 is 15.0 Å². The normalized spacial score (nSPS) is 31.3. The average Bonchev–Trinajstić information content (AvgIpc) is 3.01. The number of rotatable bonds is 5. The molecule has 150 valence electrons. The standard InChI is InChI=1S/C19H30BrN5O2/c1-11(2)17-16(20)18(24-23-17)19(26)22-8-14-5-6-15(21-7-14)25-9-12(3)27-13(4)10-25/h5-7,11-13,16-18,23-24H,8-10H2,1-4H3,(H,22,26). The summed E-state index contributed by atoms with van der Waals surface area (Å²) in [4.78, 5) is 19.4. The molecular formula is C19H30BrN5O2. The van der Waals surface area contributed by atoms with E-state index in [9.17, 15) is 4.79 Å². The number of nitrogens with zero attached hydrogens (tertiary/aromatic N) is 2. The molecule has 2 aliphatic heterocycles. The maximum absolute atomic E-state index is 12.5. The third-order valence-corrected chi connectivity index (χ3v) is 6.19. The fraction of sp³-hybridized carbons (Fsp3) is 0.684. The number of morpholine rings is 1. The molecule has 0 bridgehead atoms. The number of alkyl halides is 1. The minimum Gasteiger partial charge on any atom is -0.372 e. The zero-order valence-corrected chi connectivity index (χ0v) is 18.0. The lowest BCUT2D eigenvalue weighted by Crippen LogP contribution is -2.46. The van der Waals surface area contributed by atoms with Crippen LogP contribution in [0.2, 0.25) is 0 Å². The molecule has 0 radical (unpaired) electrons. The van der Waals surface area contributed by atoms with Gasteiger partial charge in [0.25, 0.3) is 0 Å². The summed E-state index contributed by atoms with van der Waals surface area (Å²) in [5.41, 5.74) is 7.28. The van der Waals surface area contributed by atoms with E-state index in [4.69, 9.17) is 4.74 Å². The lowest BCUT2D eigenvalue weighted by molar-refractivity contribution is -0.122. The van der Waals surface area contributed by atoms with Crippen LogP contribution in [-0.2, 0) is 16.1 Å². The summed E-state index contributed by atoms with van der Waals surface area (Å²) in [6, 6.07) is 3.97. The molecule has 5 unspecified atom stereocenters. The second-order valence-corrected chi connectivity index (χ2v) is 8.94. The molecule has 3 heterocycles. The molecule has 0 saturated carbocycles. The summed E-state index contributed by atoms with van der Waals surface area (Å²) in [5.74, 6) is 1.36. The predicted molar refractivity (Wildman–Crippen MR) is 110 cm³/mol. The number of aromatic nitrogens is 1. The van der Waals surface area contributed by atoms with Gasteiger partial charge >= 0.3 is 0 Å². The summed E-state index contributed by atoms with van der Waals surface area (Å²) >= 11 is 3.65. The molecule has 27 heavy (non-hydrogen) atoms. The highest BCUT2D eigenvalue weighted by Gasteiger charge is 2.39. The van der Waals surface area contributed by atoms with Crippen LogP contribution >= 0.6 is 15.9 Å². The quantitative estimate of drug-likeness (QED) is 0.604. The van der Waals surface area contributed by atoms with Crippen LogP contribution in [-0.4, -0.2) is 53.1 Å². The summed E-state index contributed by atoms with van der Waals surface area (Å²) in [7, 11) is 0. The van der Waals surface area contributed by atoms with E-state index in [1.165, 1.54) is 0 Å². The first-order valence-electron chi connectivity index (χ1n) is 9.63. The highest BCUT2D eigenvalue weighted by atomic mass is 79.9. The molecule has 1 aromatic rings. The van der Waals surface area contributed by atoms with Crippen LogP contribution < -0.4 is 21.1 Å². The molecule has 1 amide bonds. The molecule has 2 saturated heterocycles. The summed E-state index contributed by atoms with van der Waals surface area (Å²) in [6.07, 6.45) is 2.24. The Morgan fingerprint density at radius 3 is 2.59 bits per heavy atom. The average molecular weight is 440 g/mol. The second-order valence-electron chi connectivity index (χ2n) is 7.89. The minimum absolute atomic E-state index is 0.0209. The van der Waals surface area contributed by atoms with Crippen LogP contribution in [0.15, 0.2) is 18.3 Å². The van der Waals surface area contributed by atoms with Crippen LogP contribution in [0.4, 0.5) is 5.82 Å². The Hall–Kier alpha value is -1.22. The van der Waals surface area contributed by atoms with Crippen LogP contribution in [0, 0.1) is 5.92 Å². The van der Waals surface area contributed by atoms with Crippen molar-refractivity contribution in [2.45, 2.75) is 63.4 Å². The number of halogens is 1. The van der Waals surface area contributed by atoms with Crippen LogP contribution in [0.5, 0.6) is 0 Å². The first-order valence-corrected chi connectivity index (χ1v) is 10.5. The molecule has 1 aromatic heterocycles. The van der Waals surface area contributed by atoms with Crippen molar-refractivity contribution in [3.8, 4) is 0 Å². The van der Waals surface area contributed by atoms with Crippen LogP contribution in [0.1, 0.15) is 33.3 Å². The van der Waals surface area contributed by atoms with Crippen molar-refractivity contribution in [3.63, 3.8) is 0 Å². The number of nitrogens with one attached hydrogen (secondary N) is 3. The van der Waals surface area contributed by atoms with Gasteiger partial charge in [0.15, 0.2) is 0 Å². The van der Waals surface area contributed by atoms with Gasteiger partial charge in [0, 0.05) is 31.9 Å². The third kappa shape index (κ3) is 4.99. The molecule has 2 fully saturated rings. The number of hydrogen-bond acceptors (Lipinski definition) is 6. The van der Waals surface area contributed by atoms with Crippen molar-refractivity contribution in [1.29, 1.82) is 0 Å². The van der Waals surface area contributed by atoms with Gasteiger partial charge in [0.05, 0.1) is 17.0 Å². The lowest BCUT2D eigenvalue weighted by atomic mass is 9.99. The number of ether oxygens (including phenoxy) is 1. The fourth-order valence-corrected chi connectivity index (χ4v) is 4.78. The van der Waals surface area contributed by atoms with Gasteiger partial charge in [-0.15, -0.1) is 0 Å². The number of carbonyl (C=O) groups is 1. The predicted octanol–water partition coefficient (Wildman–Crippen LogP) is 1.58.